The molecule has 3 rings (SSSR count). The third-order valence-electron chi connectivity index (χ3n) is 5.12. The van der Waals surface area contributed by atoms with Crippen LogP contribution in [0.4, 0.5) is 5.69 Å². The second kappa shape index (κ2) is 8.71. The third kappa shape index (κ3) is 4.71. The minimum Gasteiger partial charge on any atom is -0.351 e. The zero-order valence-electron chi connectivity index (χ0n) is 17.4. The summed E-state index contributed by atoms with van der Waals surface area (Å²) < 4.78 is 27.2. The average Bonchev–Trinajstić information content (AvgIpc) is 2.78. The number of carbonyl (C=O) groups excluding carboxylic acids is 1. The van der Waals surface area contributed by atoms with Gasteiger partial charge in [0, 0.05) is 24.6 Å². The summed E-state index contributed by atoms with van der Waals surface area (Å²) in [5, 5.41) is 2.93. The van der Waals surface area contributed by atoms with E-state index >= 15 is 0 Å². The van der Waals surface area contributed by atoms with Crippen LogP contribution < -0.4 is 9.62 Å². The number of sulfonamides is 1. The van der Waals surface area contributed by atoms with E-state index in [4.69, 9.17) is 0 Å². The Balaban J connectivity index is 1.77. The highest BCUT2D eigenvalue weighted by Gasteiger charge is 2.24. The largest absolute Gasteiger partial charge is 0.351 e. The van der Waals surface area contributed by atoms with Gasteiger partial charge in [-0.2, -0.15) is 0 Å². The molecule has 6 heteroatoms. The van der Waals surface area contributed by atoms with Crippen molar-refractivity contribution in [2.45, 2.75) is 24.2 Å². The van der Waals surface area contributed by atoms with Crippen molar-refractivity contribution in [1.82, 2.24) is 5.32 Å². The number of hydrogen-bond donors (Lipinski definition) is 1. The van der Waals surface area contributed by atoms with E-state index in [1.807, 2.05) is 36.4 Å². The van der Waals surface area contributed by atoms with Gasteiger partial charge in [-0.25, -0.2) is 8.42 Å². The summed E-state index contributed by atoms with van der Waals surface area (Å²) in [6.07, 6.45) is 0. The van der Waals surface area contributed by atoms with Crippen LogP contribution in [0.5, 0.6) is 0 Å². The lowest BCUT2D eigenvalue weighted by atomic mass is 9.84. The molecule has 156 valence electrons. The molecule has 0 bridgehead atoms. The van der Waals surface area contributed by atoms with Gasteiger partial charge in [0.1, 0.15) is 0 Å². The van der Waals surface area contributed by atoms with Gasteiger partial charge in [0.2, 0.25) is 0 Å². The van der Waals surface area contributed by atoms with Crippen molar-refractivity contribution >= 4 is 21.6 Å². The van der Waals surface area contributed by atoms with Crippen molar-refractivity contribution in [2.75, 3.05) is 17.9 Å². The van der Waals surface area contributed by atoms with E-state index < -0.39 is 10.0 Å². The van der Waals surface area contributed by atoms with E-state index in [1.54, 1.807) is 36.4 Å². The summed E-state index contributed by atoms with van der Waals surface area (Å²) in [6.45, 7) is 4.54. The molecule has 0 unspecified atom stereocenters. The molecule has 0 atom stereocenters. The predicted molar refractivity (Wildman–Crippen MR) is 120 cm³/mol. The molecule has 0 saturated carbocycles. The lowest BCUT2D eigenvalue weighted by Gasteiger charge is -2.25. The fourth-order valence-electron chi connectivity index (χ4n) is 3.13. The van der Waals surface area contributed by atoms with Gasteiger partial charge in [0.25, 0.3) is 15.9 Å². The first kappa shape index (κ1) is 21.6. The molecule has 0 spiro atoms. The van der Waals surface area contributed by atoms with Crippen LogP contribution in [0.2, 0.25) is 0 Å². The Morgan fingerprint density at radius 2 is 1.50 bits per heavy atom. The smallest absolute Gasteiger partial charge is 0.264 e. The summed E-state index contributed by atoms with van der Waals surface area (Å²) in [6, 6.07) is 24.9. The molecule has 0 fully saturated rings. The fourth-order valence-corrected chi connectivity index (χ4v) is 4.37. The molecule has 1 N–H and O–H groups in total. The van der Waals surface area contributed by atoms with Gasteiger partial charge in [-0.3, -0.25) is 9.10 Å². The Labute approximate surface area is 178 Å². The van der Waals surface area contributed by atoms with E-state index in [2.05, 4.69) is 19.2 Å². The van der Waals surface area contributed by atoms with Gasteiger partial charge < -0.3 is 5.32 Å². The normalized spacial score (nSPS) is 11.7. The summed E-state index contributed by atoms with van der Waals surface area (Å²) in [7, 11) is -2.28. The van der Waals surface area contributed by atoms with E-state index in [0.717, 1.165) is 5.56 Å². The van der Waals surface area contributed by atoms with Gasteiger partial charge in [-0.05, 0) is 35.9 Å². The second-order valence-electron chi connectivity index (χ2n) is 7.77. The zero-order chi connectivity index (χ0) is 21.8. The molecular weight excluding hydrogens is 396 g/mol. The SMILES string of the molecule is CN(c1ccccc1)S(=O)(=O)c1cccc(C(=O)NCC(C)(C)c2ccccc2)c1. The first-order valence-corrected chi connectivity index (χ1v) is 11.1. The number of benzene rings is 3. The first-order valence-electron chi connectivity index (χ1n) is 9.69. The van der Waals surface area contributed by atoms with Crippen LogP contribution in [-0.2, 0) is 15.4 Å². The van der Waals surface area contributed by atoms with Crippen LogP contribution in [0.1, 0.15) is 29.8 Å². The highest BCUT2D eigenvalue weighted by atomic mass is 32.2. The maximum absolute atomic E-state index is 13.0. The minimum absolute atomic E-state index is 0.0730. The van der Waals surface area contributed by atoms with Gasteiger partial charge in [0.15, 0.2) is 0 Å². The molecule has 0 aliphatic rings. The topological polar surface area (TPSA) is 66.5 Å². The summed E-state index contributed by atoms with van der Waals surface area (Å²) in [4.78, 5) is 12.8. The molecule has 1 amide bonds. The highest BCUT2D eigenvalue weighted by Crippen LogP contribution is 2.24. The standard InChI is InChI=1S/C24H26N2O3S/c1-24(2,20-12-6-4-7-13-20)18-25-23(27)19-11-10-16-22(17-19)30(28,29)26(3)21-14-8-5-9-15-21/h4-17H,18H2,1-3H3,(H,25,27). The van der Waals surface area contributed by atoms with Crippen molar-refractivity contribution in [1.29, 1.82) is 0 Å². The molecule has 3 aromatic carbocycles. The first-order chi connectivity index (χ1) is 14.2. The molecule has 0 aliphatic heterocycles. The van der Waals surface area contributed by atoms with Crippen molar-refractivity contribution in [3.05, 3.63) is 96.1 Å². The molecule has 0 aromatic heterocycles. The van der Waals surface area contributed by atoms with Gasteiger partial charge >= 0.3 is 0 Å². The van der Waals surface area contributed by atoms with E-state index in [0.29, 0.717) is 17.8 Å². The van der Waals surface area contributed by atoms with E-state index in [9.17, 15) is 13.2 Å². The Morgan fingerprint density at radius 1 is 0.900 bits per heavy atom. The highest BCUT2D eigenvalue weighted by molar-refractivity contribution is 7.92. The van der Waals surface area contributed by atoms with Crippen molar-refractivity contribution in [2.24, 2.45) is 0 Å². The summed E-state index contributed by atoms with van der Waals surface area (Å²) >= 11 is 0. The van der Waals surface area contributed by atoms with E-state index in [1.165, 1.54) is 23.5 Å². The maximum Gasteiger partial charge on any atom is 0.264 e. The second-order valence-corrected chi connectivity index (χ2v) is 9.74. The molecule has 0 aliphatic carbocycles. The third-order valence-corrected chi connectivity index (χ3v) is 6.90. The number of nitrogens with zero attached hydrogens (tertiary/aromatic N) is 1. The minimum atomic E-state index is -3.78. The molecule has 3 aromatic rings. The average molecular weight is 423 g/mol. The molecule has 30 heavy (non-hydrogen) atoms. The molecule has 5 nitrogen and oxygen atoms in total. The fraction of sp³-hybridized carbons (Fsp3) is 0.208. The van der Waals surface area contributed by atoms with Crippen LogP contribution in [-0.4, -0.2) is 27.9 Å². The Kier molecular flexibility index (Phi) is 6.27. The quantitative estimate of drug-likeness (QED) is 0.620. The number of hydrogen-bond acceptors (Lipinski definition) is 3. The Bertz CT molecular complexity index is 1110. The van der Waals surface area contributed by atoms with Crippen LogP contribution in [0.25, 0.3) is 0 Å². The maximum atomic E-state index is 13.0. The van der Waals surface area contributed by atoms with E-state index in [-0.39, 0.29) is 16.2 Å². The molecule has 0 heterocycles. The number of amides is 1. The van der Waals surface area contributed by atoms with Crippen LogP contribution >= 0.6 is 0 Å². The lowest BCUT2D eigenvalue weighted by molar-refractivity contribution is 0.0945. The van der Waals surface area contributed by atoms with Crippen LogP contribution in [0, 0.1) is 0 Å². The number of para-hydroxylation sites is 1. The lowest BCUT2D eigenvalue weighted by Crippen LogP contribution is -2.36. The van der Waals surface area contributed by atoms with Crippen LogP contribution in [0.3, 0.4) is 0 Å². The van der Waals surface area contributed by atoms with Crippen molar-refractivity contribution < 1.29 is 13.2 Å². The molecule has 0 saturated heterocycles. The summed E-state index contributed by atoms with van der Waals surface area (Å²) in [5.41, 5.74) is 1.72. The molecule has 0 radical (unpaired) electrons. The summed E-state index contributed by atoms with van der Waals surface area (Å²) in [5.74, 6) is -0.307. The monoisotopic (exact) mass is 422 g/mol. The van der Waals surface area contributed by atoms with Crippen molar-refractivity contribution in [3.63, 3.8) is 0 Å². The van der Waals surface area contributed by atoms with Crippen LogP contribution in [0.15, 0.2) is 89.8 Å². The Hall–Kier alpha value is -3.12. The van der Waals surface area contributed by atoms with Crippen molar-refractivity contribution in [3.8, 4) is 0 Å². The number of rotatable bonds is 7. The Morgan fingerprint density at radius 3 is 2.13 bits per heavy atom. The number of carbonyl (C=O) groups is 1. The number of anilines is 1. The van der Waals surface area contributed by atoms with Gasteiger partial charge in [0.05, 0.1) is 10.6 Å². The molecular formula is C24H26N2O3S. The predicted octanol–water partition coefficient (Wildman–Crippen LogP) is 4.22. The number of nitrogens with one attached hydrogen (secondary N) is 1. The van der Waals surface area contributed by atoms with Gasteiger partial charge in [-0.1, -0.05) is 68.4 Å². The van der Waals surface area contributed by atoms with Gasteiger partial charge in [-0.15, -0.1) is 0 Å². The zero-order valence-corrected chi connectivity index (χ0v) is 18.2.